The Bertz CT molecular complexity index is 1210. The maximum absolute atomic E-state index is 13.3. The van der Waals surface area contributed by atoms with E-state index < -0.39 is 0 Å². The molecular weight excluding hydrogens is 417 g/mol. The number of aromatic nitrogens is 2. The van der Waals surface area contributed by atoms with Crippen LogP contribution >= 0.6 is 11.6 Å². The lowest BCUT2D eigenvalue weighted by Gasteiger charge is -2.08. The molecule has 7 heteroatoms. The monoisotopic (exact) mass is 435 g/mol. The Morgan fingerprint density at radius 2 is 1.81 bits per heavy atom. The average molecular weight is 436 g/mol. The molecule has 3 aromatic carbocycles. The number of anilines is 1. The highest BCUT2D eigenvalue weighted by atomic mass is 35.5. The molecule has 4 rings (SSSR count). The van der Waals surface area contributed by atoms with Crippen LogP contribution in [-0.4, -0.2) is 15.7 Å². The fourth-order valence-corrected chi connectivity index (χ4v) is 3.23. The number of hydrogen-bond acceptors (Lipinski definition) is 3. The van der Waals surface area contributed by atoms with Crippen molar-refractivity contribution in [3.8, 4) is 5.75 Å². The molecule has 1 N–H and O–H groups in total. The highest BCUT2D eigenvalue weighted by molar-refractivity contribution is 6.30. The second kappa shape index (κ2) is 9.45. The van der Waals surface area contributed by atoms with Crippen LogP contribution in [0.25, 0.3) is 0 Å². The Morgan fingerprint density at radius 3 is 2.65 bits per heavy atom. The van der Waals surface area contributed by atoms with Crippen LogP contribution in [-0.2, 0) is 13.2 Å². The Labute approximate surface area is 184 Å². The van der Waals surface area contributed by atoms with Crippen molar-refractivity contribution in [3.05, 3.63) is 113 Å². The maximum atomic E-state index is 13.3. The zero-order valence-electron chi connectivity index (χ0n) is 16.5. The molecule has 5 nitrogen and oxygen atoms in total. The zero-order chi connectivity index (χ0) is 21.6. The van der Waals surface area contributed by atoms with Gasteiger partial charge in [0.15, 0.2) is 5.82 Å². The first-order chi connectivity index (χ1) is 15.0. The van der Waals surface area contributed by atoms with E-state index in [9.17, 15) is 9.18 Å². The first kappa shape index (κ1) is 20.6. The van der Waals surface area contributed by atoms with Crippen LogP contribution in [0, 0.1) is 5.82 Å². The number of halogens is 2. The van der Waals surface area contributed by atoms with Crippen molar-refractivity contribution in [2.75, 3.05) is 5.32 Å². The van der Waals surface area contributed by atoms with E-state index >= 15 is 0 Å². The average Bonchev–Trinajstić information content (AvgIpc) is 3.19. The van der Waals surface area contributed by atoms with Gasteiger partial charge in [-0.2, -0.15) is 5.10 Å². The normalized spacial score (nSPS) is 10.6. The second-order valence-corrected chi connectivity index (χ2v) is 7.37. The molecule has 0 unspecified atom stereocenters. The Kier molecular flexibility index (Phi) is 6.29. The van der Waals surface area contributed by atoms with Crippen molar-refractivity contribution in [2.24, 2.45) is 0 Å². The molecule has 1 heterocycles. The van der Waals surface area contributed by atoms with Crippen molar-refractivity contribution < 1.29 is 13.9 Å². The fourth-order valence-electron chi connectivity index (χ4n) is 3.05. The number of ether oxygens (including phenoxy) is 1. The minimum atomic E-state index is -0.294. The van der Waals surface area contributed by atoms with E-state index in [1.165, 1.54) is 12.1 Å². The minimum absolute atomic E-state index is 0.277. The van der Waals surface area contributed by atoms with Crippen LogP contribution in [0.1, 0.15) is 21.5 Å². The van der Waals surface area contributed by atoms with E-state index in [2.05, 4.69) is 10.4 Å². The number of nitrogens with zero attached hydrogens (tertiary/aromatic N) is 2. The molecule has 0 saturated heterocycles. The van der Waals surface area contributed by atoms with Gasteiger partial charge in [0.2, 0.25) is 0 Å². The number of amides is 1. The standard InChI is InChI=1S/C24H19ClFN3O2/c25-20-7-3-9-22(14-20)31-16-18-5-1-6-19(12-18)24(30)27-23-10-11-29(28-23)15-17-4-2-8-21(26)13-17/h1-14H,15-16H2,(H,27,28,30). The molecule has 0 aliphatic heterocycles. The summed E-state index contributed by atoms with van der Waals surface area (Å²) in [6.45, 7) is 0.716. The first-order valence-corrected chi connectivity index (χ1v) is 9.99. The van der Waals surface area contributed by atoms with E-state index in [4.69, 9.17) is 16.3 Å². The van der Waals surface area contributed by atoms with E-state index in [1.54, 1.807) is 53.3 Å². The summed E-state index contributed by atoms with van der Waals surface area (Å²) in [4.78, 5) is 12.6. The van der Waals surface area contributed by atoms with Crippen LogP contribution in [0.4, 0.5) is 10.2 Å². The predicted molar refractivity (Wildman–Crippen MR) is 118 cm³/mol. The first-order valence-electron chi connectivity index (χ1n) is 9.62. The highest BCUT2D eigenvalue weighted by Crippen LogP contribution is 2.19. The van der Waals surface area contributed by atoms with Gasteiger partial charge in [-0.15, -0.1) is 0 Å². The molecule has 156 valence electrons. The van der Waals surface area contributed by atoms with Crippen molar-refractivity contribution in [3.63, 3.8) is 0 Å². The summed E-state index contributed by atoms with van der Waals surface area (Å²) in [7, 11) is 0. The van der Waals surface area contributed by atoms with Gasteiger partial charge in [-0.3, -0.25) is 9.48 Å². The third-order valence-corrected chi connectivity index (χ3v) is 4.74. The minimum Gasteiger partial charge on any atom is -0.489 e. The predicted octanol–water partition coefficient (Wildman–Crippen LogP) is 5.56. The fraction of sp³-hybridized carbons (Fsp3) is 0.0833. The molecule has 0 atom stereocenters. The number of nitrogens with one attached hydrogen (secondary N) is 1. The Balaban J connectivity index is 1.37. The van der Waals surface area contributed by atoms with Crippen LogP contribution in [0.5, 0.6) is 5.75 Å². The Morgan fingerprint density at radius 1 is 1.00 bits per heavy atom. The van der Waals surface area contributed by atoms with Crippen LogP contribution < -0.4 is 10.1 Å². The summed E-state index contributed by atoms with van der Waals surface area (Å²) in [5.41, 5.74) is 2.13. The third kappa shape index (κ3) is 5.71. The zero-order valence-corrected chi connectivity index (χ0v) is 17.2. The lowest BCUT2D eigenvalue weighted by molar-refractivity contribution is 0.102. The van der Waals surface area contributed by atoms with Gasteiger partial charge in [0.1, 0.15) is 18.2 Å². The van der Waals surface area contributed by atoms with Crippen molar-refractivity contribution in [2.45, 2.75) is 13.2 Å². The summed E-state index contributed by atoms with van der Waals surface area (Å²) in [5, 5.41) is 7.71. The lowest BCUT2D eigenvalue weighted by atomic mass is 10.1. The molecule has 0 aliphatic carbocycles. The van der Waals surface area contributed by atoms with E-state index in [0.29, 0.717) is 35.3 Å². The summed E-state index contributed by atoms with van der Waals surface area (Å²) >= 11 is 5.97. The van der Waals surface area contributed by atoms with Gasteiger partial charge in [0.25, 0.3) is 5.91 Å². The molecule has 4 aromatic rings. The highest BCUT2D eigenvalue weighted by Gasteiger charge is 2.10. The summed E-state index contributed by atoms with van der Waals surface area (Å²) in [6, 6.07) is 22.3. The van der Waals surface area contributed by atoms with Crippen LogP contribution in [0.15, 0.2) is 85.1 Å². The summed E-state index contributed by atoms with van der Waals surface area (Å²) in [6.07, 6.45) is 1.73. The molecular formula is C24H19ClFN3O2. The molecule has 0 radical (unpaired) electrons. The third-order valence-electron chi connectivity index (χ3n) is 4.51. The molecule has 1 aromatic heterocycles. The number of benzene rings is 3. The number of carbonyl (C=O) groups excluding carboxylic acids is 1. The summed E-state index contributed by atoms with van der Waals surface area (Å²) < 4.78 is 20.7. The molecule has 0 fully saturated rings. The quantitative estimate of drug-likeness (QED) is 0.413. The summed E-state index contributed by atoms with van der Waals surface area (Å²) in [5.74, 6) is 0.506. The van der Waals surface area contributed by atoms with Gasteiger partial charge >= 0.3 is 0 Å². The number of rotatable bonds is 7. The molecule has 1 amide bonds. The molecule has 0 aliphatic rings. The van der Waals surface area contributed by atoms with Crippen molar-refractivity contribution >= 4 is 23.3 Å². The molecule has 0 saturated carbocycles. The van der Waals surface area contributed by atoms with Gasteiger partial charge in [0, 0.05) is 22.8 Å². The molecule has 31 heavy (non-hydrogen) atoms. The SMILES string of the molecule is O=C(Nc1ccn(Cc2cccc(F)c2)n1)c1cccc(COc2cccc(Cl)c2)c1. The maximum Gasteiger partial charge on any atom is 0.256 e. The number of carbonyl (C=O) groups is 1. The topological polar surface area (TPSA) is 56.2 Å². The second-order valence-electron chi connectivity index (χ2n) is 6.93. The van der Waals surface area contributed by atoms with Gasteiger partial charge in [0.05, 0.1) is 6.54 Å². The van der Waals surface area contributed by atoms with Gasteiger partial charge in [-0.1, -0.05) is 41.9 Å². The van der Waals surface area contributed by atoms with Gasteiger partial charge in [-0.25, -0.2) is 4.39 Å². The smallest absolute Gasteiger partial charge is 0.256 e. The van der Waals surface area contributed by atoms with Gasteiger partial charge < -0.3 is 10.1 Å². The van der Waals surface area contributed by atoms with E-state index in [0.717, 1.165) is 11.1 Å². The Hall–Kier alpha value is -3.64. The molecule has 0 bridgehead atoms. The van der Waals surface area contributed by atoms with E-state index in [1.807, 2.05) is 24.3 Å². The van der Waals surface area contributed by atoms with Crippen LogP contribution in [0.2, 0.25) is 5.02 Å². The van der Waals surface area contributed by atoms with E-state index in [-0.39, 0.29) is 11.7 Å². The van der Waals surface area contributed by atoms with Crippen molar-refractivity contribution in [1.82, 2.24) is 9.78 Å². The van der Waals surface area contributed by atoms with Crippen LogP contribution in [0.3, 0.4) is 0 Å². The largest absolute Gasteiger partial charge is 0.489 e. The van der Waals surface area contributed by atoms with Gasteiger partial charge in [-0.05, 0) is 53.6 Å². The molecule has 0 spiro atoms. The van der Waals surface area contributed by atoms with Crippen molar-refractivity contribution in [1.29, 1.82) is 0 Å². The lowest BCUT2D eigenvalue weighted by Crippen LogP contribution is -2.13. The number of hydrogen-bond donors (Lipinski definition) is 1.